The molecule has 0 aliphatic heterocycles. The second-order valence-electron chi connectivity index (χ2n) is 9.09. The molecule has 1 heterocycles. The number of hydrogen-bond acceptors (Lipinski definition) is 8. The van der Waals surface area contributed by atoms with Crippen molar-refractivity contribution in [3.8, 4) is 28.6 Å². The van der Waals surface area contributed by atoms with Crippen LogP contribution in [0.15, 0.2) is 45.8 Å². The highest BCUT2D eigenvalue weighted by molar-refractivity contribution is 7.84. The third kappa shape index (κ3) is 5.22. The molecule has 186 valence electrons. The lowest BCUT2D eigenvalue weighted by Crippen LogP contribution is -2.30. The molecule has 0 spiro atoms. The van der Waals surface area contributed by atoms with Gasteiger partial charge < -0.3 is 19.2 Å². The number of aldehydes is 1. The standard InChI is InChI=1S/C26H31N3O5S/c1-16(2)33-22-9-8-18(15-23(22)35(4)32)26-27-25(28-34-26)20-7-5-6-19-21(20)14-17(10-12-30)24(19)29(3)11-13-31/h5-9,12,15-17,24,31H,10-11,13-14H2,1-4H3. The van der Waals surface area contributed by atoms with Crippen molar-refractivity contribution in [1.29, 1.82) is 0 Å². The van der Waals surface area contributed by atoms with Crippen molar-refractivity contribution in [2.75, 3.05) is 26.5 Å². The number of carbonyl (C=O) groups excluding carboxylic acids is 1. The predicted octanol–water partition coefficient (Wildman–Crippen LogP) is 3.65. The summed E-state index contributed by atoms with van der Waals surface area (Å²) in [6.07, 6.45) is 3.69. The molecule has 3 aromatic rings. The first kappa shape index (κ1) is 25.2. The van der Waals surface area contributed by atoms with Gasteiger partial charge in [0, 0.05) is 36.4 Å². The van der Waals surface area contributed by atoms with E-state index in [-0.39, 0.29) is 24.7 Å². The molecule has 0 fully saturated rings. The summed E-state index contributed by atoms with van der Waals surface area (Å²) < 4.78 is 23.7. The van der Waals surface area contributed by atoms with Crippen LogP contribution in [0, 0.1) is 5.92 Å². The molecule has 4 rings (SSSR count). The van der Waals surface area contributed by atoms with Crippen LogP contribution in [0.5, 0.6) is 5.75 Å². The van der Waals surface area contributed by atoms with Gasteiger partial charge in [-0.05, 0) is 62.6 Å². The summed E-state index contributed by atoms with van der Waals surface area (Å²) in [4.78, 5) is 18.7. The molecule has 1 N–H and O–H groups in total. The molecule has 0 radical (unpaired) electrons. The van der Waals surface area contributed by atoms with Gasteiger partial charge in [0.15, 0.2) is 0 Å². The van der Waals surface area contributed by atoms with Crippen LogP contribution < -0.4 is 4.74 Å². The van der Waals surface area contributed by atoms with E-state index in [1.54, 1.807) is 18.4 Å². The van der Waals surface area contributed by atoms with Crippen LogP contribution in [0.1, 0.15) is 37.4 Å². The van der Waals surface area contributed by atoms with Crippen molar-refractivity contribution >= 4 is 17.1 Å². The zero-order valence-electron chi connectivity index (χ0n) is 20.4. The number of likely N-dealkylation sites (N-methyl/N-ethyl adjacent to an activating group) is 1. The van der Waals surface area contributed by atoms with E-state index in [1.165, 1.54) is 0 Å². The zero-order valence-corrected chi connectivity index (χ0v) is 21.2. The van der Waals surface area contributed by atoms with E-state index in [0.29, 0.717) is 40.9 Å². The second-order valence-corrected chi connectivity index (χ2v) is 10.4. The number of hydrogen-bond donors (Lipinski definition) is 1. The van der Waals surface area contributed by atoms with Gasteiger partial charge in [-0.15, -0.1) is 0 Å². The van der Waals surface area contributed by atoms with Crippen molar-refractivity contribution < 1.29 is 23.4 Å². The fourth-order valence-corrected chi connectivity index (χ4v) is 5.54. The molecule has 3 atom stereocenters. The molecule has 2 aromatic carbocycles. The summed E-state index contributed by atoms with van der Waals surface area (Å²) in [5.41, 5.74) is 3.75. The number of aromatic nitrogens is 2. The Kier molecular flexibility index (Phi) is 7.78. The first-order chi connectivity index (χ1) is 16.8. The van der Waals surface area contributed by atoms with Gasteiger partial charge in [0.25, 0.3) is 5.89 Å². The largest absolute Gasteiger partial charge is 0.490 e. The third-order valence-corrected chi connectivity index (χ3v) is 7.24. The summed E-state index contributed by atoms with van der Waals surface area (Å²) in [7, 11) is 0.715. The maximum atomic E-state index is 12.3. The van der Waals surface area contributed by atoms with Gasteiger partial charge in [-0.25, -0.2) is 0 Å². The minimum atomic E-state index is -1.25. The molecular formula is C26H31N3O5S. The molecule has 0 bridgehead atoms. The van der Waals surface area contributed by atoms with Crippen LogP contribution in [0.3, 0.4) is 0 Å². The third-order valence-electron chi connectivity index (χ3n) is 6.30. The van der Waals surface area contributed by atoms with Crippen molar-refractivity contribution in [3.63, 3.8) is 0 Å². The van der Waals surface area contributed by atoms with E-state index in [4.69, 9.17) is 9.26 Å². The van der Waals surface area contributed by atoms with Crippen LogP contribution in [0.25, 0.3) is 22.8 Å². The Hall–Kier alpha value is -2.88. The highest BCUT2D eigenvalue weighted by Crippen LogP contribution is 2.44. The minimum Gasteiger partial charge on any atom is -0.490 e. The van der Waals surface area contributed by atoms with Crippen molar-refractivity contribution in [1.82, 2.24) is 15.0 Å². The highest BCUT2D eigenvalue weighted by atomic mass is 32.2. The van der Waals surface area contributed by atoms with Gasteiger partial charge in [0.1, 0.15) is 12.0 Å². The van der Waals surface area contributed by atoms with Gasteiger partial charge in [0.2, 0.25) is 5.82 Å². The van der Waals surface area contributed by atoms with Gasteiger partial charge in [-0.2, -0.15) is 4.98 Å². The Labute approximate surface area is 207 Å². The number of carbonyl (C=O) groups is 1. The maximum Gasteiger partial charge on any atom is 0.258 e. The van der Waals surface area contributed by atoms with E-state index in [0.717, 1.165) is 29.4 Å². The van der Waals surface area contributed by atoms with E-state index < -0.39 is 10.8 Å². The average Bonchev–Trinajstić information content (AvgIpc) is 3.44. The van der Waals surface area contributed by atoms with Crippen LogP contribution >= 0.6 is 0 Å². The monoisotopic (exact) mass is 497 g/mol. The fraction of sp³-hybridized carbons (Fsp3) is 0.423. The minimum absolute atomic E-state index is 0.0317. The molecule has 1 aliphatic carbocycles. The van der Waals surface area contributed by atoms with Crippen molar-refractivity contribution in [3.05, 3.63) is 47.5 Å². The number of nitrogens with zero attached hydrogens (tertiary/aromatic N) is 3. The summed E-state index contributed by atoms with van der Waals surface area (Å²) in [5.74, 6) is 1.48. The molecule has 1 aliphatic rings. The SMILES string of the molecule is CC(C)Oc1ccc(-c2nc(-c3cccc4c3CC(CC=O)C4N(C)CCO)no2)cc1S(C)=O. The molecule has 8 nitrogen and oxygen atoms in total. The van der Waals surface area contributed by atoms with Gasteiger partial charge in [0.05, 0.1) is 28.4 Å². The predicted molar refractivity (Wildman–Crippen MR) is 134 cm³/mol. The number of rotatable bonds is 10. The van der Waals surface area contributed by atoms with E-state index in [9.17, 15) is 14.1 Å². The maximum absolute atomic E-state index is 12.3. The molecule has 35 heavy (non-hydrogen) atoms. The molecule has 3 unspecified atom stereocenters. The Morgan fingerprint density at radius 1 is 1.31 bits per heavy atom. The Morgan fingerprint density at radius 2 is 2.11 bits per heavy atom. The zero-order chi connectivity index (χ0) is 25.1. The van der Waals surface area contributed by atoms with E-state index in [1.807, 2.05) is 39.1 Å². The van der Waals surface area contributed by atoms with Crippen LogP contribution in [0.2, 0.25) is 0 Å². The Morgan fingerprint density at radius 3 is 2.80 bits per heavy atom. The first-order valence-corrected chi connectivity index (χ1v) is 13.2. The highest BCUT2D eigenvalue weighted by Gasteiger charge is 2.36. The lowest BCUT2D eigenvalue weighted by atomic mass is 9.96. The fourth-order valence-electron chi connectivity index (χ4n) is 4.84. The molecule has 0 saturated heterocycles. The molecule has 1 aromatic heterocycles. The quantitative estimate of drug-likeness (QED) is 0.423. The molecule has 0 amide bonds. The van der Waals surface area contributed by atoms with Gasteiger partial charge >= 0.3 is 0 Å². The smallest absolute Gasteiger partial charge is 0.258 e. The molecule has 9 heteroatoms. The summed E-state index contributed by atoms with van der Waals surface area (Å²) in [6, 6.07) is 11.4. The van der Waals surface area contributed by atoms with Crippen molar-refractivity contribution in [2.45, 2.75) is 43.7 Å². The average molecular weight is 498 g/mol. The normalized spacial score (nSPS) is 18.1. The lowest BCUT2D eigenvalue weighted by Gasteiger charge is -2.29. The number of benzene rings is 2. The molecular weight excluding hydrogens is 466 g/mol. The number of aliphatic hydroxyl groups excluding tert-OH is 1. The number of fused-ring (bicyclic) bond motifs is 1. The Balaban J connectivity index is 1.70. The summed E-state index contributed by atoms with van der Waals surface area (Å²) >= 11 is 0. The van der Waals surface area contributed by atoms with Crippen LogP contribution in [-0.2, 0) is 22.0 Å². The van der Waals surface area contributed by atoms with Gasteiger partial charge in [-0.1, -0.05) is 23.4 Å². The first-order valence-electron chi connectivity index (χ1n) is 11.7. The number of ether oxygens (including phenoxy) is 1. The van der Waals surface area contributed by atoms with E-state index in [2.05, 4.69) is 21.1 Å². The summed E-state index contributed by atoms with van der Waals surface area (Å²) in [5, 5.41) is 13.7. The topological polar surface area (TPSA) is 106 Å². The molecule has 0 saturated carbocycles. The lowest BCUT2D eigenvalue weighted by molar-refractivity contribution is -0.109. The van der Waals surface area contributed by atoms with E-state index >= 15 is 0 Å². The van der Waals surface area contributed by atoms with Crippen LogP contribution in [0.4, 0.5) is 0 Å². The summed E-state index contributed by atoms with van der Waals surface area (Å²) in [6.45, 7) is 4.42. The van der Waals surface area contributed by atoms with Crippen LogP contribution in [-0.4, -0.2) is 63.2 Å². The Bertz CT molecular complexity index is 1230. The van der Waals surface area contributed by atoms with Crippen molar-refractivity contribution in [2.24, 2.45) is 5.92 Å². The second kappa shape index (κ2) is 10.8. The van der Waals surface area contributed by atoms with Gasteiger partial charge in [-0.3, -0.25) is 9.11 Å². The number of aliphatic hydroxyl groups is 1.